The molecule has 16 heavy (non-hydrogen) atoms. The van der Waals surface area contributed by atoms with E-state index in [1.807, 2.05) is 6.92 Å². The van der Waals surface area contributed by atoms with Crippen LogP contribution in [0.25, 0.3) is 0 Å². The van der Waals surface area contributed by atoms with Gasteiger partial charge in [0.25, 0.3) is 5.22 Å². The second-order valence-electron chi connectivity index (χ2n) is 4.89. The van der Waals surface area contributed by atoms with Gasteiger partial charge in [-0.15, -0.1) is 10.2 Å². The number of hydrogen-bond donors (Lipinski definition) is 1. The van der Waals surface area contributed by atoms with Crippen LogP contribution in [-0.4, -0.2) is 21.5 Å². The average molecular weight is 241 g/mol. The van der Waals surface area contributed by atoms with E-state index in [9.17, 15) is 0 Å². The quantitative estimate of drug-likeness (QED) is 0.860. The third-order valence-electron chi connectivity index (χ3n) is 3.18. The molecule has 1 aliphatic carbocycles. The molecular weight excluding hydrogens is 222 g/mol. The van der Waals surface area contributed by atoms with Crippen LogP contribution in [0.2, 0.25) is 0 Å². The van der Waals surface area contributed by atoms with Crippen molar-refractivity contribution in [3.8, 4) is 0 Å². The molecule has 2 rings (SSSR count). The Labute approximate surface area is 100 Å². The topological polar surface area (TPSA) is 64.9 Å². The first-order valence-corrected chi connectivity index (χ1v) is 6.66. The van der Waals surface area contributed by atoms with Crippen molar-refractivity contribution in [3.05, 3.63) is 5.89 Å². The van der Waals surface area contributed by atoms with Crippen LogP contribution in [0.5, 0.6) is 0 Å². The van der Waals surface area contributed by atoms with Crippen LogP contribution >= 0.6 is 11.8 Å². The molecule has 0 saturated heterocycles. The molecule has 0 bridgehead atoms. The van der Waals surface area contributed by atoms with Gasteiger partial charge < -0.3 is 10.2 Å². The molecule has 1 aromatic heterocycles. The van der Waals surface area contributed by atoms with Crippen LogP contribution in [0, 0.1) is 18.8 Å². The number of rotatable bonds is 2. The number of aryl methyl sites for hydroxylation is 1. The summed E-state index contributed by atoms with van der Waals surface area (Å²) in [7, 11) is 0. The smallest absolute Gasteiger partial charge is 0.276 e. The zero-order valence-corrected chi connectivity index (χ0v) is 10.8. The number of thioether (sulfide) groups is 1. The van der Waals surface area contributed by atoms with E-state index >= 15 is 0 Å². The Morgan fingerprint density at radius 2 is 2.06 bits per heavy atom. The SMILES string of the molecule is Cc1nnc(SC2C(C)CC(C)CC2N)o1. The van der Waals surface area contributed by atoms with Gasteiger partial charge >= 0.3 is 0 Å². The standard InChI is InChI=1S/C11H19N3OS/c1-6-4-7(2)10(9(12)5-6)16-11-14-13-8(3)15-11/h6-7,9-10H,4-5,12H2,1-3H3. The minimum atomic E-state index is 0.232. The fourth-order valence-electron chi connectivity index (χ4n) is 2.53. The zero-order valence-electron chi connectivity index (χ0n) is 10.0. The van der Waals surface area contributed by atoms with Crippen molar-refractivity contribution >= 4 is 11.8 Å². The lowest BCUT2D eigenvalue weighted by Gasteiger charge is -2.36. The van der Waals surface area contributed by atoms with Crippen molar-refractivity contribution in [2.75, 3.05) is 0 Å². The van der Waals surface area contributed by atoms with Crippen LogP contribution in [-0.2, 0) is 0 Å². The summed E-state index contributed by atoms with van der Waals surface area (Å²) in [4.78, 5) is 0. The van der Waals surface area contributed by atoms with Crippen LogP contribution < -0.4 is 5.73 Å². The molecule has 5 heteroatoms. The summed E-state index contributed by atoms with van der Waals surface area (Å²) in [6.07, 6.45) is 2.33. The molecule has 90 valence electrons. The molecule has 2 N–H and O–H groups in total. The summed E-state index contributed by atoms with van der Waals surface area (Å²) in [5.41, 5.74) is 6.20. The summed E-state index contributed by atoms with van der Waals surface area (Å²) in [6.45, 7) is 6.34. The molecule has 0 radical (unpaired) electrons. The third kappa shape index (κ3) is 2.58. The second-order valence-corrected chi connectivity index (χ2v) is 6.02. The van der Waals surface area contributed by atoms with E-state index in [1.165, 1.54) is 6.42 Å². The molecule has 4 nitrogen and oxygen atoms in total. The van der Waals surface area contributed by atoms with Crippen molar-refractivity contribution in [2.24, 2.45) is 17.6 Å². The first kappa shape index (κ1) is 11.9. The van der Waals surface area contributed by atoms with E-state index < -0.39 is 0 Å². The molecule has 1 aromatic rings. The van der Waals surface area contributed by atoms with E-state index in [0.29, 0.717) is 22.3 Å². The lowest BCUT2D eigenvalue weighted by molar-refractivity contribution is 0.277. The molecule has 4 unspecified atom stereocenters. The largest absolute Gasteiger partial charge is 0.416 e. The molecule has 0 aliphatic heterocycles. The molecule has 4 atom stereocenters. The second kappa shape index (κ2) is 4.75. The van der Waals surface area contributed by atoms with Gasteiger partial charge in [-0.05, 0) is 24.7 Å². The summed E-state index contributed by atoms with van der Waals surface area (Å²) in [6, 6.07) is 0.232. The average Bonchev–Trinajstić information content (AvgIpc) is 2.58. The van der Waals surface area contributed by atoms with Gasteiger partial charge in [0, 0.05) is 18.2 Å². The van der Waals surface area contributed by atoms with Crippen LogP contribution in [0.1, 0.15) is 32.6 Å². The first-order chi connectivity index (χ1) is 7.56. The van der Waals surface area contributed by atoms with E-state index in [4.69, 9.17) is 10.2 Å². The Hall–Kier alpha value is -0.550. The molecular formula is C11H19N3OS. The lowest BCUT2D eigenvalue weighted by atomic mass is 9.80. The molecule has 0 aromatic carbocycles. The van der Waals surface area contributed by atoms with E-state index in [0.717, 1.165) is 12.3 Å². The highest BCUT2D eigenvalue weighted by atomic mass is 32.2. The number of hydrogen-bond acceptors (Lipinski definition) is 5. The Morgan fingerprint density at radius 1 is 1.31 bits per heavy atom. The van der Waals surface area contributed by atoms with Crippen molar-refractivity contribution in [1.29, 1.82) is 0 Å². The number of aromatic nitrogens is 2. The third-order valence-corrected chi connectivity index (χ3v) is 4.63. The number of nitrogens with two attached hydrogens (primary N) is 1. The van der Waals surface area contributed by atoms with E-state index in [1.54, 1.807) is 11.8 Å². The fourth-order valence-corrected chi connectivity index (χ4v) is 3.65. The Balaban J connectivity index is 2.03. The minimum Gasteiger partial charge on any atom is -0.416 e. The van der Waals surface area contributed by atoms with Gasteiger partial charge in [0.15, 0.2) is 0 Å². The Bertz CT molecular complexity index is 343. The molecule has 1 aliphatic rings. The van der Waals surface area contributed by atoms with Crippen molar-refractivity contribution in [2.45, 2.75) is 50.1 Å². The summed E-state index contributed by atoms with van der Waals surface area (Å²) < 4.78 is 5.39. The fraction of sp³-hybridized carbons (Fsp3) is 0.818. The number of nitrogens with zero attached hydrogens (tertiary/aromatic N) is 2. The summed E-state index contributed by atoms with van der Waals surface area (Å²) in [5.74, 6) is 1.95. The van der Waals surface area contributed by atoms with Gasteiger partial charge in [-0.25, -0.2) is 0 Å². The van der Waals surface area contributed by atoms with E-state index in [2.05, 4.69) is 24.0 Å². The van der Waals surface area contributed by atoms with Crippen LogP contribution in [0.4, 0.5) is 0 Å². The normalized spacial score (nSPS) is 35.2. The molecule has 0 amide bonds. The van der Waals surface area contributed by atoms with Crippen molar-refractivity contribution in [3.63, 3.8) is 0 Å². The Kier molecular flexibility index (Phi) is 3.54. The summed E-state index contributed by atoms with van der Waals surface area (Å²) in [5, 5.41) is 8.91. The maximum Gasteiger partial charge on any atom is 0.276 e. The van der Waals surface area contributed by atoms with Crippen molar-refractivity contribution in [1.82, 2.24) is 10.2 Å². The van der Waals surface area contributed by atoms with E-state index in [-0.39, 0.29) is 6.04 Å². The maximum absolute atomic E-state index is 6.20. The van der Waals surface area contributed by atoms with Gasteiger partial charge in [0.05, 0.1) is 0 Å². The molecule has 0 spiro atoms. The highest BCUT2D eigenvalue weighted by Crippen LogP contribution is 2.38. The molecule has 1 heterocycles. The van der Waals surface area contributed by atoms with Gasteiger partial charge in [0.1, 0.15) is 0 Å². The van der Waals surface area contributed by atoms with Crippen molar-refractivity contribution < 1.29 is 4.42 Å². The highest BCUT2D eigenvalue weighted by molar-refractivity contribution is 7.99. The van der Waals surface area contributed by atoms with Gasteiger partial charge in [0.2, 0.25) is 5.89 Å². The highest BCUT2D eigenvalue weighted by Gasteiger charge is 2.33. The minimum absolute atomic E-state index is 0.232. The first-order valence-electron chi connectivity index (χ1n) is 5.78. The predicted molar refractivity (Wildman–Crippen MR) is 64.2 cm³/mol. The lowest BCUT2D eigenvalue weighted by Crippen LogP contribution is -2.42. The Morgan fingerprint density at radius 3 is 2.62 bits per heavy atom. The monoisotopic (exact) mass is 241 g/mol. The zero-order chi connectivity index (χ0) is 11.7. The van der Waals surface area contributed by atoms with Crippen LogP contribution in [0.15, 0.2) is 9.64 Å². The van der Waals surface area contributed by atoms with Gasteiger partial charge in [-0.1, -0.05) is 25.6 Å². The van der Waals surface area contributed by atoms with Crippen LogP contribution in [0.3, 0.4) is 0 Å². The van der Waals surface area contributed by atoms with Gasteiger partial charge in [-0.2, -0.15) is 0 Å². The molecule has 1 fully saturated rings. The van der Waals surface area contributed by atoms with Gasteiger partial charge in [-0.3, -0.25) is 0 Å². The predicted octanol–water partition coefficient (Wildman–Crippen LogP) is 2.23. The summed E-state index contributed by atoms with van der Waals surface area (Å²) >= 11 is 1.64. The maximum atomic E-state index is 6.20. The molecule has 1 saturated carbocycles.